The molecule has 2 rings (SSSR count). The second-order valence-electron chi connectivity index (χ2n) is 3.84. The second-order valence-corrected chi connectivity index (χ2v) is 4.25. The van der Waals surface area contributed by atoms with Crippen molar-refractivity contribution in [1.29, 1.82) is 0 Å². The molecule has 2 nitrogen and oxygen atoms in total. The van der Waals surface area contributed by atoms with E-state index in [1.165, 1.54) is 18.2 Å². The van der Waals surface area contributed by atoms with Gasteiger partial charge in [-0.25, -0.2) is 4.39 Å². The van der Waals surface area contributed by atoms with Crippen molar-refractivity contribution in [2.24, 2.45) is 0 Å². The Bertz CT molecular complexity index is 400. The van der Waals surface area contributed by atoms with Crippen molar-refractivity contribution in [2.75, 3.05) is 6.61 Å². The van der Waals surface area contributed by atoms with Gasteiger partial charge >= 0.3 is 0 Å². The standard InChI is InChI=1S/C12H12ClFO2/c13-10-5-4-8(14)7-9(10)12(15)11-3-1-2-6-16-11/h4-5,7,11H,1-3,6H2. The predicted octanol–water partition coefficient (Wildman–Crippen LogP) is 3.23. The van der Waals surface area contributed by atoms with Gasteiger partial charge in [-0.2, -0.15) is 0 Å². The molecule has 0 bridgehead atoms. The lowest BCUT2D eigenvalue weighted by molar-refractivity contribution is 0.0186. The molecule has 1 atom stereocenters. The van der Waals surface area contributed by atoms with Crippen molar-refractivity contribution in [3.63, 3.8) is 0 Å². The quantitative estimate of drug-likeness (QED) is 0.745. The average molecular weight is 243 g/mol. The number of hydrogen-bond donors (Lipinski definition) is 0. The first-order chi connectivity index (χ1) is 7.68. The molecule has 1 aromatic rings. The van der Waals surface area contributed by atoms with Crippen molar-refractivity contribution in [2.45, 2.75) is 25.4 Å². The molecule has 0 aliphatic carbocycles. The number of Topliss-reactive ketones (excluding diaryl/α,β-unsaturated/α-hetero) is 1. The van der Waals surface area contributed by atoms with Gasteiger partial charge in [0.25, 0.3) is 0 Å². The minimum Gasteiger partial charge on any atom is -0.370 e. The summed E-state index contributed by atoms with van der Waals surface area (Å²) in [5.74, 6) is -0.673. The molecule has 1 aliphatic rings. The molecule has 1 fully saturated rings. The normalized spacial score (nSPS) is 20.8. The van der Waals surface area contributed by atoms with Gasteiger partial charge in [-0.05, 0) is 37.5 Å². The zero-order valence-corrected chi connectivity index (χ0v) is 9.47. The molecule has 16 heavy (non-hydrogen) atoms. The van der Waals surface area contributed by atoms with Gasteiger partial charge in [-0.15, -0.1) is 0 Å². The van der Waals surface area contributed by atoms with E-state index in [-0.39, 0.29) is 16.4 Å². The lowest BCUT2D eigenvalue weighted by Crippen LogP contribution is -2.28. The maximum atomic E-state index is 13.0. The van der Waals surface area contributed by atoms with Crippen LogP contribution < -0.4 is 0 Å². The summed E-state index contributed by atoms with van der Waals surface area (Å²) < 4.78 is 18.4. The van der Waals surface area contributed by atoms with Gasteiger partial charge in [-0.1, -0.05) is 11.6 Å². The van der Waals surface area contributed by atoms with Gasteiger partial charge in [0.1, 0.15) is 11.9 Å². The van der Waals surface area contributed by atoms with E-state index in [1.807, 2.05) is 0 Å². The van der Waals surface area contributed by atoms with Crippen molar-refractivity contribution < 1.29 is 13.9 Å². The Morgan fingerprint density at radius 2 is 2.25 bits per heavy atom. The van der Waals surface area contributed by atoms with Crippen LogP contribution in [0.1, 0.15) is 29.6 Å². The average Bonchev–Trinajstić information content (AvgIpc) is 2.32. The smallest absolute Gasteiger partial charge is 0.193 e. The molecule has 0 radical (unpaired) electrons. The van der Waals surface area contributed by atoms with Gasteiger partial charge in [-0.3, -0.25) is 4.79 Å². The molecule has 0 N–H and O–H groups in total. The van der Waals surface area contributed by atoms with E-state index in [0.29, 0.717) is 13.0 Å². The van der Waals surface area contributed by atoms with Crippen molar-refractivity contribution >= 4 is 17.4 Å². The summed E-state index contributed by atoms with van der Waals surface area (Å²) in [6.45, 7) is 0.587. The summed E-state index contributed by atoms with van der Waals surface area (Å²) in [4.78, 5) is 12.0. The maximum Gasteiger partial charge on any atom is 0.193 e. The number of ketones is 1. The Morgan fingerprint density at radius 1 is 1.44 bits per heavy atom. The molecule has 1 heterocycles. The second kappa shape index (κ2) is 4.93. The number of benzene rings is 1. The summed E-state index contributed by atoms with van der Waals surface area (Å²) in [5.41, 5.74) is 0.216. The molecule has 0 aromatic heterocycles. The molecule has 0 saturated carbocycles. The fraction of sp³-hybridized carbons (Fsp3) is 0.417. The molecule has 1 aliphatic heterocycles. The predicted molar refractivity (Wildman–Crippen MR) is 59.3 cm³/mol. The minimum absolute atomic E-state index is 0.216. The van der Waals surface area contributed by atoms with Crippen LogP contribution >= 0.6 is 11.6 Å². The van der Waals surface area contributed by atoms with Crippen LogP contribution in [-0.4, -0.2) is 18.5 Å². The molecule has 1 saturated heterocycles. The molecule has 0 spiro atoms. The lowest BCUT2D eigenvalue weighted by Gasteiger charge is -2.21. The summed E-state index contributed by atoms with van der Waals surface area (Å²) >= 11 is 5.87. The third-order valence-electron chi connectivity index (χ3n) is 2.67. The minimum atomic E-state index is -0.465. The molecule has 86 valence electrons. The Hall–Kier alpha value is -0.930. The SMILES string of the molecule is O=C(c1cc(F)ccc1Cl)C1CCCCO1. The molecule has 4 heteroatoms. The first-order valence-corrected chi connectivity index (χ1v) is 5.67. The van der Waals surface area contributed by atoms with E-state index in [4.69, 9.17) is 16.3 Å². The fourth-order valence-electron chi connectivity index (χ4n) is 1.81. The summed E-state index contributed by atoms with van der Waals surface area (Å²) in [7, 11) is 0. The molecule has 1 aromatic carbocycles. The fourth-order valence-corrected chi connectivity index (χ4v) is 2.02. The van der Waals surface area contributed by atoms with Crippen LogP contribution in [0.3, 0.4) is 0 Å². The highest BCUT2D eigenvalue weighted by Gasteiger charge is 2.25. The lowest BCUT2D eigenvalue weighted by atomic mass is 10.00. The largest absolute Gasteiger partial charge is 0.370 e. The summed E-state index contributed by atoms with van der Waals surface area (Å²) in [6.07, 6.45) is 2.16. The number of carbonyl (C=O) groups excluding carboxylic acids is 1. The number of ether oxygens (including phenoxy) is 1. The van der Waals surface area contributed by atoms with Gasteiger partial charge < -0.3 is 4.74 Å². The Balaban J connectivity index is 2.22. The Labute approximate surface area is 98.4 Å². The van der Waals surface area contributed by atoms with E-state index in [0.717, 1.165) is 12.8 Å². The Morgan fingerprint density at radius 3 is 2.94 bits per heavy atom. The van der Waals surface area contributed by atoms with Gasteiger partial charge in [0, 0.05) is 12.2 Å². The van der Waals surface area contributed by atoms with Crippen LogP contribution in [0.25, 0.3) is 0 Å². The molecule has 0 amide bonds. The first kappa shape index (κ1) is 11.6. The van der Waals surface area contributed by atoms with Crippen LogP contribution in [-0.2, 0) is 4.74 Å². The molecular formula is C12H12ClFO2. The van der Waals surface area contributed by atoms with Crippen molar-refractivity contribution in [3.05, 3.63) is 34.6 Å². The van der Waals surface area contributed by atoms with Gasteiger partial charge in [0.15, 0.2) is 5.78 Å². The van der Waals surface area contributed by atoms with Crippen molar-refractivity contribution in [3.8, 4) is 0 Å². The van der Waals surface area contributed by atoms with Crippen LogP contribution in [0.2, 0.25) is 5.02 Å². The first-order valence-electron chi connectivity index (χ1n) is 5.29. The third kappa shape index (κ3) is 2.42. The zero-order valence-electron chi connectivity index (χ0n) is 8.71. The molecule has 1 unspecified atom stereocenters. The third-order valence-corrected chi connectivity index (χ3v) is 3.00. The van der Waals surface area contributed by atoms with Crippen LogP contribution in [0.5, 0.6) is 0 Å². The van der Waals surface area contributed by atoms with Crippen LogP contribution in [0.4, 0.5) is 4.39 Å². The van der Waals surface area contributed by atoms with E-state index < -0.39 is 11.9 Å². The number of carbonyl (C=O) groups is 1. The summed E-state index contributed by atoms with van der Waals surface area (Å²) in [6, 6.07) is 3.80. The topological polar surface area (TPSA) is 26.3 Å². The van der Waals surface area contributed by atoms with Crippen LogP contribution in [0, 0.1) is 5.82 Å². The highest BCUT2D eigenvalue weighted by molar-refractivity contribution is 6.34. The molecular weight excluding hydrogens is 231 g/mol. The van der Waals surface area contributed by atoms with E-state index in [1.54, 1.807) is 0 Å². The van der Waals surface area contributed by atoms with Crippen LogP contribution in [0.15, 0.2) is 18.2 Å². The van der Waals surface area contributed by atoms with E-state index in [9.17, 15) is 9.18 Å². The van der Waals surface area contributed by atoms with Gasteiger partial charge in [0.2, 0.25) is 0 Å². The Kier molecular flexibility index (Phi) is 3.56. The highest BCUT2D eigenvalue weighted by Crippen LogP contribution is 2.23. The van der Waals surface area contributed by atoms with Gasteiger partial charge in [0.05, 0.1) is 5.02 Å². The van der Waals surface area contributed by atoms with Crippen molar-refractivity contribution in [1.82, 2.24) is 0 Å². The van der Waals surface area contributed by atoms with E-state index >= 15 is 0 Å². The highest BCUT2D eigenvalue weighted by atomic mass is 35.5. The zero-order chi connectivity index (χ0) is 11.5. The monoisotopic (exact) mass is 242 g/mol. The number of halogens is 2. The van der Waals surface area contributed by atoms with E-state index in [2.05, 4.69) is 0 Å². The number of hydrogen-bond acceptors (Lipinski definition) is 2. The maximum absolute atomic E-state index is 13.0. The summed E-state index contributed by atoms with van der Waals surface area (Å²) in [5, 5.41) is 0.278. The number of rotatable bonds is 2.